The Kier molecular flexibility index (Phi) is 4.62. The van der Waals surface area contributed by atoms with E-state index in [1.165, 1.54) is 0 Å². The molecule has 21 heavy (non-hydrogen) atoms. The van der Waals surface area contributed by atoms with E-state index in [1.807, 2.05) is 38.1 Å². The van der Waals surface area contributed by atoms with Crippen molar-refractivity contribution in [2.75, 3.05) is 0 Å². The summed E-state index contributed by atoms with van der Waals surface area (Å²) < 4.78 is 7.19. The lowest BCUT2D eigenvalue weighted by atomic mass is 10.2. The van der Waals surface area contributed by atoms with Crippen molar-refractivity contribution in [3.8, 4) is 5.75 Å². The number of benzene rings is 1. The fourth-order valence-electron chi connectivity index (χ4n) is 2.19. The molecule has 0 radical (unpaired) electrons. The van der Waals surface area contributed by atoms with Gasteiger partial charge in [0.05, 0.1) is 11.6 Å². The van der Waals surface area contributed by atoms with E-state index in [-0.39, 0.29) is 24.9 Å². The van der Waals surface area contributed by atoms with Crippen LogP contribution in [0.4, 0.5) is 0 Å². The Morgan fingerprint density at radius 3 is 2.67 bits per heavy atom. The first-order valence-corrected chi connectivity index (χ1v) is 7.00. The molecule has 2 rings (SSSR count). The summed E-state index contributed by atoms with van der Waals surface area (Å²) in [5.74, 6) is -0.201. The molecule has 5 heteroatoms. The van der Waals surface area contributed by atoms with Crippen molar-refractivity contribution in [2.24, 2.45) is 0 Å². The molecule has 0 unspecified atom stereocenters. The average molecular weight is 289 g/mol. The first-order chi connectivity index (χ1) is 9.97. The van der Waals surface area contributed by atoms with Crippen LogP contribution in [0, 0.1) is 0 Å². The van der Waals surface area contributed by atoms with Gasteiger partial charge in [-0.3, -0.25) is 14.2 Å². The number of hydrogen-bond acceptors (Lipinski definition) is 3. The molecular formula is C16H19NO4. The van der Waals surface area contributed by atoms with Crippen molar-refractivity contribution in [3.63, 3.8) is 0 Å². The van der Waals surface area contributed by atoms with Gasteiger partial charge < -0.3 is 9.84 Å². The van der Waals surface area contributed by atoms with Crippen LogP contribution in [-0.2, 0) is 4.79 Å². The van der Waals surface area contributed by atoms with Gasteiger partial charge in [-0.15, -0.1) is 0 Å². The number of carboxylic acid groups (broad SMARTS) is 1. The van der Waals surface area contributed by atoms with Crippen LogP contribution in [0.15, 0.2) is 30.5 Å². The van der Waals surface area contributed by atoms with Crippen LogP contribution in [0.1, 0.15) is 37.9 Å². The monoisotopic (exact) mass is 289 g/mol. The molecule has 0 fully saturated rings. The predicted molar refractivity (Wildman–Crippen MR) is 79.8 cm³/mol. The van der Waals surface area contributed by atoms with E-state index < -0.39 is 5.97 Å². The number of ether oxygens (including phenoxy) is 1. The molecule has 0 aliphatic heterocycles. The van der Waals surface area contributed by atoms with Gasteiger partial charge in [-0.05, 0) is 44.5 Å². The van der Waals surface area contributed by atoms with Crippen molar-refractivity contribution in [1.29, 1.82) is 0 Å². The van der Waals surface area contributed by atoms with Crippen LogP contribution in [-0.4, -0.2) is 27.7 Å². The molecule has 0 aliphatic carbocycles. The lowest BCUT2D eigenvalue weighted by Crippen LogP contribution is -2.10. The molecule has 0 saturated heterocycles. The SMILES string of the molecule is CC(C)Oc1ccc2c(ccn2C(=O)CCCC(=O)O)c1. The summed E-state index contributed by atoms with van der Waals surface area (Å²) in [5, 5.41) is 9.53. The zero-order valence-corrected chi connectivity index (χ0v) is 12.2. The smallest absolute Gasteiger partial charge is 0.303 e. The van der Waals surface area contributed by atoms with Gasteiger partial charge in [-0.1, -0.05) is 0 Å². The summed E-state index contributed by atoms with van der Waals surface area (Å²) in [6.07, 6.45) is 2.40. The Hall–Kier alpha value is -2.30. The van der Waals surface area contributed by atoms with Crippen molar-refractivity contribution >= 4 is 22.8 Å². The molecule has 1 aromatic carbocycles. The standard InChI is InChI=1S/C16H19NO4/c1-11(2)21-13-6-7-14-12(10-13)8-9-17(14)15(18)4-3-5-16(19)20/h6-11H,3-5H2,1-2H3,(H,19,20). The minimum absolute atomic E-state index is 0.0112. The number of rotatable bonds is 6. The van der Waals surface area contributed by atoms with Gasteiger partial charge in [0.2, 0.25) is 5.91 Å². The Morgan fingerprint density at radius 1 is 1.24 bits per heavy atom. The van der Waals surface area contributed by atoms with Crippen LogP contribution < -0.4 is 4.74 Å². The van der Waals surface area contributed by atoms with Crippen LogP contribution in [0.2, 0.25) is 0 Å². The number of nitrogens with zero attached hydrogens (tertiary/aromatic N) is 1. The maximum Gasteiger partial charge on any atom is 0.303 e. The summed E-state index contributed by atoms with van der Waals surface area (Å²) in [4.78, 5) is 22.6. The highest BCUT2D eigenvalue weighted by Crippen LogP contribution is 2.23. The minimum atomic E-state index is -0.879. The fraction of sp³-hybridized carbons (Fsp3) is 0.375. The van der Waals surface area contributed by atoms with Gasteiger partial charge in [0.15, 0.2) is 0 Å². The highest BCUT2D eigenvalue weighted by atomic mass is 16.5. The lowest BCUT2D eigenvalue weighted by Gasteiger charge is -2.10. The summed E-state index contributed by atoms with van der Waals surface area (Å²) in [6.45, 7) is 3.92. The molecule has 0 atom stereocenters. The zero-order valence-electron chi connectivity index (χ0n) is 12.2. The molecule has 0 aliphatic rings. The molecule has 1 heterocycles. The quantitative estimate of drug-likeness (QED) is 0.885. The molecule has 0 amide bonds. The molecule has 112 valence electrons. The second kappa shape index (κ2) is 6.43. The minimum Gasteiger partial charge on any atom is -0.491 e. The third kappa shape index (κ3) is 3.84. The van der Waals surface area contributed by atoms with E-state index in [1.54, 1.807) is 10.8 Å². The Labute approximate surface area is 123 Å². The number of fused-ring (bicyclic) bond motifs is 1. The lowest BCUT2D eigenvalue weighted by molar-refractivity contribution is -0.137. The van der Waals surface area contributed by atoms with E-state index in [0.717, 1.165) is 16.7 Å². The van der Waals surface area contributed by atoms with E-state index in [4.69, 9.17) is 9.84 Å². The normalized spacial score (nSPS) is 11.0. The topological polar surface area (TPSA) is 68.5 Å². The van der Waals surface area contributed by atoms with Crippen LogP contribution in [0.25, 0.3) is 10.9 Å². The average Bonchev–Trinajstić information content (AvgIpc) is 2.80. The molecule has 1 N–H and O–H groups in total. The molecule has 0 bridgehead atoms. The first kappa shape index (κ1) is 15.1. The first-order valence-electron chi connectivity index (χ1n) is 7.00. The Bertz CT molecular complexity index is 657. The molecule has 0 spiro atoms. The number of aromatic nitrogens is 1. The van der Waals surface area contributed by atoms with Gasteiger partial charge >= 0.3 is 5.97 Å². The number of carbonyl (C=O) groups excluding carboxylic acids is 1. The third-order valence-electron chi connectivity index (χ3n) is 3.08. The summed E-state index contributed by atoms with van der Waals surface area (Å²) in [5.41, 5.74) is 0.812. The van der Waals surface area contributed by atoms with Gasteiger partial charge in [-0.25, -0.2) is 0 Å². The Balaban J connectivity index is 2.14. The van der Waals surface area contributed by atoms with Crippen molar-refractivity contribution in [2.45, 2.75) is 39.2 Å². The number of carbonyl (C=O) groups is 2. The van der Waals surface area contributed by atoms with Gasteiger partial charge in [0, 0.05) is 24.4 Å². The summed E-state index contributed by atoms with van der Waals surface area (Å²) in [7, 11) is 0. The summed E-state index contributed by atoms with van der Waals surface area (Å²) in [6, 6.07) is 7.44. The van der Waals surface area contributed by atoms with E-state index in [9.17, 15) is 9.59 Å². The highest BCUT2D eigenvalue weighted by molar-refractivity contribution is 5.93. The summed E-state index contributed by atoms with van der Waals surface area (Å²) >= 11 is 0. The fourth-order valence-corrected chi connectivity index (χ4v) is 2.19. The third-order valence-corrected chi connectivity index (χ3v) is 3.08. The maximum absolute atomic E-state index is 12.1. The van der Waals surface area contributed by atoms with Crippen molar-refractivity contribution < 1.29 is 19.4 Å². The van der Waals surface area contributed by atoms with Gasteiger partial charge in [0.25, 0.3) is 0 Å². The van der Waals surface area contributed by atoms with E-state index in [2.05, 4.69) is 0 Å². The van der Waals surface area contributed by atoms with Crippen molar-refractivity contribution in [1.82, 2.24) is 4.57 Å². The molecule has 5 nitrogen and oxygen atoms in total. The molecular weight excluding hydrogens is 270 g/mol. The Morgan fingerprint density at radius 2 is 2.00 bits per heavy atom. The van der Waals surface area contributed by atoms with Gasteiger partial charge in [0.1, 0.15) is 5.75 Å². The number of hydrogen-bond donors (Lipinski definition) is 1. The van der Waals surface area contributed by atoms with Crippen LogP contribution in [0.5, 0.6) is 5.75 Å². The highest BCUT2D eigenvalue weighted by Gasteiger charge is 2.10. The molecule has 1 aromatic heterocycles. The second-order valence-electron chi connectivity index (χ2n) is 5.21. The van der Waals surface area contributed by atoms with Crippen LogP contribution >= 0.6 is 0 Å². The van der Waals surface area contributed by atoms with Crippen molar-refractivity contribution in [3.05, 3.63) is 30.5 Å². The van der Waals surface area contributed by atoms with E-state index in [0.29, 0.717) is 6.42 Å². The number of carboxylic acids is 1. The second-order valence-corrected chi connectivity index (χ2v) is 5.21. The zero-order chi connectivity index (χ0) is 15.4. The molecule has 2 aromatic rings. The number of aliphatic carboxylic acids is 1. The van der Waals surface area contributed by atoms with E-state index >= 15 is 0 Å². The maximum atomic E-state index is 12.1. The van der Waals surface area contributed by atoms with Gasteiger partial charge in [-0.2, -0.15) is 0 Å². The molecule has 0 saturated carbocycles. The largest absolute Gasteiger partial charge is 0.491 e. The van der Waals surface area contributed by atoms with Crippen LogP contribution in [0.3, 0.4) is 0 Å². The predicted octanol–water partition coefficient (Wildman–Crippen LogP) is 3.32.